The van der Waals surface area contributed by atoms with E-state index < -0.39 is 26.6 Å². The monoisotopic (exact) mass is 306 g/mol. The molecule has 0 aliphatic rings. The molecule has 6 nitrogen and oxygen atoms in total. The van der Waals surface area contributed by atoms with E-state index >= 15 is 0 Å². The zero-order valence-corrected chi connectivity index (χ0v) is 11.9. The van der Waals surface area contributed by atoms with E-state index in [0.717, 1.165) is 12.1 Å². The van der Waals surface area contributed by atoms with Gasteiger partial charge in [0.25, 0.3) is 0 Å². The molecule has 0 unspecified atom stereocenters. The molecule has 0 fully saturated rings. The largest absolute Gasteiger partial charge is 0.370 e. The van der Waals surface area contributed by atoms with E-state index in [-0.39, 0.29) is 19.0 Å². The molecule has 0 aromatic heterocycles. The fourth-order valence-corrected chi connectivity index (χ4v) is 2.34. The molecule has 0 saturated carbocycles. The van der Waals surface area contributed by atoms with Gasteiger partial charge in [0.2, 0.25) is 10.0 Å². The predicted octanol–water partition coefficient (Wildman–Crippen LogP) is 0.119. The van der Waals surface area contributed by atoms with Crippen molar-refractivity contribution in [2.45, 2.75) is 4.90 Å². The van der Waals surface area contributed by atoms with Crippen molar-refractivity contribution in [3.8, 4) is 0 Å². The Balaban J connectivity index is 2.69. The summed E-state index contributed by atoms with van der Waals surface area (Å²) in [6.45, 7) is 0.0553. The number of rotatable bonds is 5. The molecule has 0 radical (unpaired) electrons. The van der Waals surface area contributed by atoms with Crippen LogP contribution in [0.15, 0.2) is 28.1 Å². The van der Waals surface area contributed by atoms with Crippen molar-refractivity contribution < 1.29 is 17.2 Å². The van der Waals surface area contributed by atoms with Gasteiger partial charge in [0.05, 0.1) is 6.54 Å². The van der Waals surface area contributed by atoms with Crippen molar-refractivity contribution >= 4 is 16.0 Å². The molecule has 1 aromatic carbocycles. The average molecular weight is 306 g/mol. The first kappa shape index (κ1) is 16.3. The number of guanidine groups is 1. The first-order chi connectivity index (χ1) is 9.24. The van der Waals surface area contributed by atoms with Crippen LogP contribution < -0.4 is 10.5 Å². The Labute approximate surface area is 116 Å². The van der Waals surface area contributed by atoms with Gasteiger partial charge in [-0.15, -0.1) is 0 Å². The Kier molecular flexibility index (Phi) is 5.40. The summed E-state index contributed by atoms with van der Waals surface area (Å²) in [4.78, 5) is 4.85. The van der Waals surface area contributed by atoms with Crippen LogP contribution in [0.4, 0.5) is 8.78 Å². The molecule has 0 amide bonds. The molecule has 3 N–H and O–H groups in total. The number of nitrogens with zero attached hydrogens (tertiary/aromatic N) is 2. The minimum Gasteiger partial charge on any atom is -0.370 e. The maximum Gasteiger partial charge on any atom is 0.243 e. The molecular weight excluding hydrogens is 290 g/mol. The fraction of sp³-hybridized carbons (Fsp3) is 0.364. The molecule has 1 aromatic rings. The number of hydrogen-bond acceptors (Lipinski definition) is 3. The Hall–Kier alpha value is -1.74. The lowest BCUT2D eigenvalue weighted by Gasteiger charge is -2.10. The third-order valence-electron chi connectivity index (χ3n) is 2.32. The van der Waals surface area contributed by atoms with E-state index in [2.05, 4.69) is 9.71 Å². The van der Waals surface area contributed by atoms with Crippen molar-refractivity contribution in [2.75, 3.05) is 27.2 Å². The minimum absolute atomic E-state index is 0.0479. The second kappa shape index (κ2) is 6.62. The van der Waals surface area contributed by atoms with E-state index in [1.807, 2.05) is 0 Å². The van der Waals surface area contributed by atoms with Crippen LogP contribution in [0.2, 0.25) is 0 Å². The highest BCUT2D eigenvalue weighted by Crippen LogP contribution is 2.14. The molecule has 0 heterocycles. The Morgan fingerprint density at radius 3 is 2.60 bits per heavy atom. The lowest BCUT2D eigenvalue weighted by molar-refractivity contribution is 0.543. The van der Waals surface area contributed by atoms with E-state index in [0.29, 0.717) is 6.07 Å². The average Bonchev–Trinajstić information content (AvgIpc) is 2.33. The summed E-state index contributed by atoms with van der Waals surface area (Å²) in [5.74, 6) is -1.74. The van der Waals surface area contributed by atoms with Crippen LogP contribution in [-0.4, -0.2) is 46.5 Å². The Morgan fingerprint density at radius 2 is 2.05 bits per heavy atom. The van der Waals surface area contributed by atoms with Gasteiger partial charge in [0.15, 0.2) is 5.96 Å². The van der Waals surface area contributed by atoms with Gasteiger partial charge in [-0.1, -0.05) is 0 Å². The highest BCUT2D eigenvalue weighted by Gasteiger charge is 2.18. The van der Waals surface area contributed by atoms with Crippen molar-refractivity contribution in [1.29, 1.82) is 0 Å². The zero-order chi connectivity index (χ0) is 15.3. The summed E-state index contributed by atoms with van der Waals surface area (Å²) in [5.41, 5.74) is 5.52. The van der Waals surface area contributed by atoms with E-state index in [1.54, 1.807) is 19.0 Å². The van der Waals surface area contributed by atoms with Crippen LogP contribution in [0.5, 0.6) is 0 Å². The van der Waals surface area contributed by atoms with Gasteiger partial charge in [0, 0.05) is 26.7 Å². The van der Waals surface area contributed by atoms with Crippen molar-refractivity contribution in [3.05, 3.63) is 29.8 Å². The van der Waals surface area contributed by atoms with Crippen molar-refractivity contribution in [3.63, 3.8) is 0 Å². The number of nitrogens with two attached hydrogens (primary N) is 1. The van der Waals surface area contributed by atoms with E-state index in [9.17, 15) is 17.2 Å². The standard InChI is InChI=1S/C11H16F2N4O2S/c1-17(2)11(14)15-5-6-16-20(18,19)10-4-3-8(12)7-9(10)13/h3-4,7,16H,5-6H2,1-2H3,(H2,14,15). The topological polar surface area (TPSA) is 87.8 Å². The summed E-state index contributed by atoms with van der Waals surface area (Å²) < 4.78 is 51.8. The first-order valence-electron chi connectivity index (χ1n) is 5.66. The second-order valence-electron chi connectivity index (χ2n) is 4.11. The van der Waals surface area contributed by atoms with Gasteiger partial charge in [-0.3, -0.25) is 4.99 Å². The lowest BCUT2D eigenvalue weighted by Crippen LogP contribution is -2.32. The normalized spacial score (nSPS) is 12.5. The summed E-state index contributed by atoms with van der Waals surface area (Å²) in [6, 6.07) is 2.25. The Morgan fingerprint density at radius 1 is 1.40 bits per heavy atom. The van der Waals surface area contributed by atoms with Gasteiger partial charge in [0.1, 0.15) is 16.5 Å². The zero-order valence-electron chi connectivity index (χ0n) is 11.1. The number of nitrogens with one attached hydrogen (secondary N) is 1. The molecule has 20 heavy (non-hydrogen) atoms. The van der Waals surface area contributed by atoms with Crippen LogP contribution in [0.1, 0.15) is 0 Å². The maximum absolute atomic E-state index is 13.4. The molecular formula is C11H16F2N4O2S. The fourth-order valence-electron chi connectivity index (χ4n) is 1.26. The predicted molar refractivity (Wildman–Crippen MR) is 71.7 cm³/mol. The number of hydrogen-bond donors (Lipinski definition) is 2. The number of benzene rings is 1. The highest BCUT2D eigenvalue weighted by atomic mass is 32.2. The Bertz CT molecular complexity index is 602. The summed E-state index contributed by atoms with van der Waals surface area (Å²) in [5, 5.41) is 0. The highest BCUT2D eigenvalue weighted by molar-refractivity contribution is 7.89. The van der Waals surface area contributed by atoms with E-state index in [4.69, 9.17) is 5.73 Å². The molecule has 0 atom stereocenters. The summed E-state index contributed by atoms with van der Waals surface area (Å²) in [7, 11) is -0.659. The quantitative estimate of drug-likeness (QED) is 0.459. The van der Waals surface area contributed by atoms with Crippen LogP contribution in [0.25, 0.3) is 0 Å². The van der Waals surface area contributed by atoms with Gasteiger partial charge < -0.3 is 10.6 Å². The third-order valence-corrected chi connectivity index (χ3v) is 3.81. The molecule has 9 heteroatoms. The van der Waals surface area contributed by atoms with Crippen LogP contribution >= 0.6 is 0 Å². The number of sulfonamides is 1. The molecule has 0 aliphatic heterocycles. The van der Waals surface area contributed by atoms with Gasteiger partial charge in [-0.25, -0.2) is 21.9 Å². The molecule has 0 saturated heterocycles. The molecule has 0 spiro atoms. The number of halogens is 2. The van der Waals surface area contributed by atoms with Crippen molar-refractivity contribution in [2.24, 2.45) is 10.7 Å². The lowest BCUT2D eigenvalue weighted by atomic mass is 10.3. The SMILES string of the molecule is CN(C)C(N)=NCCNS(=O)(=O)c1ccc(F)cc1F. The number of aliphatic imine (C=N–C) groups is 1. The maximum atomic E-state index is 13.4. The van der Waals surface area contributed by atoms with E-state index in [1.165, 1.54) is 0 Å². The molecule has 0 bridgehead atoms. The molecule has 1 rings (SSSR count). The molecule has 112 valence electrons. The first-order valence-corrected chi connectivity index (χ1v) is 7.14. The van der Waals surface area contributed by atoms with Crippen LogP contribution in [0.3, 0.4) is 0 Å². The second-order valence-corrected chi connectivity index (χ2v) is 5.84. The smallest absolute Gasteiger partial charge is 0.243 e. The minimum atomic E-state index is -4.04. The van der Waals surface area contributed by atoms with Gasteiger partial charge >= 0.3 is 0 Å². The van der Waals surface area contributed by atoms with Crippen molar-refractivity contribution in [1.82, 2.24) is 9.62 Å². The van der Waals surface area contributed by atoms with Crippen LogP contribution in [0, 0.1) is 11.6 Å². The van der Waals surface area contributed by atoms with Gasteiger partial charge in [-0.2, -0.15) is 0 Å². The summed E-state index contributed by atoms with van der Waals surface area (Å²) >= 11 is 0. The summed E-state index contributed by atoms with van der Waals surface area (Å²) in [6.07, 6.45) is 0. The third kappa shape index (κ3) is 4.42. The van der Waals surface area contributed by atoms with Gasteiger partial charge in [-0.05, 0) is 12.1 Å². The van der Waals surface area contributed by atoms with Crippen LogP contribution in [-0.2, 0) is 10.0 Å². The molecule has 0 aliphatic carbocycles.